The quantitative estimate of drug-likeness (QED) is 0.769. The average Bonchev–Trinajstić information content (AvgIpc) is 2.42. The number of hydrogen-bond acceptors (Lipinski definition) is 2. The van der Waals surface area contributed by atoms with Crippen LogP contribution in [-0.4, -0.2) is 4.98 Å². The van der Waals surface area contributed by atoms with E-state index in [-0.39, 0.29) is 11.8 Å². The predicted octanol–water partition coefficient (Wildman–Crippen LogP) is 4.31. The van der Waals surface area contributed by atoms with E-state index in [9.17, 15) is 4.39 Å². The standard InChI is InChI=1S/C14H13ClFNO/c1-2-10-5-3-4-6-12(10)18-14-13(16)11(9-15)7-8-17-14/h3-8H,2,9H2,1H3. The molecule has 4 heteroatoms. The molecule has 1 heterocycles. The van der Waals surface area contributed by atoms with E-state index in [1.807, 2.05) is 25.1 Å². The van der Waals surface area contributed by atoms with E-state index in [4.69, 9.17) is 16.3 Å². The molecule has 0 amide bonds. The van der Waals surface area contributed by atoms with Gasteiger partial charge in [-0.25, -0.2) is 9.37 Å². The first kappa shape index (κ1) is 12.8. The third-order valence-corrected chi connectivity index (χ3v) is 2.93. The summed E-state index contributed by atoms with van der Waals surface area (Å²) in [6, 6.07) is 9.05. The van der Waals surface area contributed by atoms with Crippen molar-refractivity contribution in [2.24, 2.45) is 0 Å². The molecule has 0 unspecified atom stereocenters. The van der Waals surface area contributed by atoms with Crippen LogP contribution in [0.5, 0.6) is 11.6 Å². The van der Waals surface area contributed by atoms with Crippen LogP contribution in [0.15, 0.2) is 36.5 Å². The molecule has 94 valence electrons. The maximum absolute atomic E-state index is 13.9. The van der Waals surface area contributed by atoms with Crippen molar-refractivity contribution in [3.63, 3.8) is 0 Å². The molecule has 0 aliphatic heterocycles. The summed E-state index contributed by atoms with van der Waals surface area (Å²) < 4.78 is 19.5. The molecule has 0 aliphatic rings. The Morgan fingerprint density at radius 3 is 2.72 bits per heavy atom. The van der Waals surface area contributed by atoms with E-state index in [2.05, 4.69) is 4.98 Å². The van der Waals surface area contributed by atoms with Gasteiger partial charge in [0.1, 0.15) is 5.75 Å². The number of aryl methyl sites for hydroxylation is 1. The number of aromatic nitrogens is 1. The monoisotopic (exact) mass is 265 g/mol. The summed E-state index contributed by atoms with van der Waals surface area (Å²) in [7, 11) is 0. The predicted molar refractivity (Wildman–Crippen MR) is 69.6 cm³/mol. The number of pyridine rings is 1. The minimum Gasteiger partial charge on any atom is -0.436 e. The van der Waals surface area contributed by atoms with Gasteiger partial charge in [-0.3, -0.25) is 0 Å². The van der Waals surface area contributed by atoms with Crippen LogP contribution in [0, 0.1) is 5.82 Å². The van der Waals surface area contributed by atoms with Crippen LogP contribution in [0.2, 0.25) is 0 Å². The van der Waals surface area contributed by atoms with Gasteiger partial charge in [0.2, 0.25) is 0 Å². The topological polar surface area (TPSA) is 22.1 Å². The Labute approximate surface area is 110 Å². The number of hydrogen-bond donors (Lipinski definition) is 0. The molecule has 0 saturated heterocycles. The second-order valence-electron chi connectivity index (χ2n) is 3.79. The number of nitrogens with zero attached hydrogens (tertiary/aromatic N) is 1. The Bertz CT molecular complexity index is 545. The zero-order chi connectivity index (χ0) is 13.0. The highest BCUT2D eigenvalue weighted by Gasteiger charge is 2.12. The van der Waals surface area contributed by atoms with Crippen molar-refractivity contribution < 1.29 is 9.13 Å². The highest BCUT2D eigenvalue weighted by atomic mass is 35.5. The molecule has 0 fully saturated rings. The molecule has 2 rings (SSSR count). The zero-order valence-electron chi connectivity index (χ0n) is 9.99. The van der Waals surface area contributed by atoms with Gasteiger partial charge in [0, 0.05) is 11.8 Å². The van der Waals surface area contributed by atoms with Gasteiger partial charge in [0.05, 0.1) is 5.88 Å². The van der Waals surface area contributed by atoms with Crippen molar-refractivity contribution in [2.45, 2.75) is 19.2 Å². The minimum atomic E-state index is -0.501. The van der Waals surface area contributed by atoms with E-state index >= 15 is 0 Å². The molecule has 0 atom stereocenters. The van der Waals surface area contributed by atoms with Gasteiger partial charge < -0.3 is 4.74 Å². The normalized spacial score (nSPS) is 10.4. The molecular formula is C14H13ClFNO. The van der Waals surface area contributed by atoms with Crippen LogP contribution in [0.25, 0.3) is 0 Å². The van der Waals surface area contributed by atoms with Crippen LogP contribution >= 0.6 is 11.6 Å². The fourth-order valence-corrected chi connectivity index (χ4v) is 1.84. The second kappa shape index (κ2) is 5.83. The summed E-state index contributed by atoms with van der Waals surface area (Å²) in [5.74, 6) is 0.186. The number of rotatable bonds is 4. The molecule has 2 aromatic rings. The Balaban J connectivity index is 2.34. The largest absolute Gasteiger partial charge is 0.436 e. The van der Waals surface area contributed by atoms with Gasteiger partial charge in [0.15, 0.2) is 5.82 Å². The van der Waals surface area contributed by atoms with Crippen LogP contribution < -0.4 is 4.74 Å². The highest BCUT2D eigenvalue weighted by molar-refractivity contribution is 6.17. The number of halogens is 2. The molecule has 1 aromatic heterocycles. The smallest absolute Gasteiger partial charge is 0.256 e. The minimum absolute atomic E-state index is 0.0333. The van der Waals surface area contributed by atoms with Crippen molar-refractivity contribution in [1.82, 2.24) is 4.98 Å². The van der Waals surface area contributed by atoms with Crippen molar-refractivity contribution >= 4 is 11.6 Å². The number of benzene rings is 1. The molecule has 1 aromatic carbocycles. The second-order valence-corrected chi connectivity index (χ2v) is 4.05. The number of para-hydroxylation sites is 1. The lowest BCUT2D eigenvalue weighted by Crippen LogP contribution is -1.97. The Morgan fingerprint density at radius 1 is 1.22 bits per heavy atom. The Hall–Kier alpha value is -1.61. The lowest BCUT2D eigenvalue weighted by Gasteiger charge is -2.10. The summed E-state index contributed by atoms with van der Waals surface area (Å²) >= 11 is 5.64. The van der Waals surface area contributed by atoms with Crippen molar-refractivity contribution in [1.29, 1.82) is 0 Å². The fraction of sp³-hybridized carbons (Fsp3) is 0.214. The van der Waals surface area contributed by atoms with Crippen LogP contribution in [0.3, 0.4) is 0 Å². The molecule has 18 heavy (non-hydrogen) atoms. The maximum Gasteiger partial charge on any atom is 0.256 e. The summed E-state index contributed by atoms with van der Waals surface area (Å²) in [5.41, 5.74) is 1.39. The van der Waals surface area contributed by atoms with Crippen molar-refractivity contribution in [3.05, 3.63) is 53.5 Å². The van der Waals surface area contributed by atoms with Gasteiger partial charge in [-0.1, -0.05) is 25.1 Å². The highest BCUT2D eigenvalue weighted by Crippen LogP contribution is 2.27. The average molecular weight is 266 g/mol. The van der Waals surface area contributed by atoms with Crippen molar-refractivity contribution in [2.75, 3.05) is 0 Å². The summed E-state index contributed by atoms with van der Waals surface area (Å²) in [6.07, 6.45) is 2.30. The molecule has 0 spiro atoms. The van der Waals surface area contributed by atoms with Gasteiger partial charge in [-0.15, -0.1) is 11.6 Å². The first-order valence-electron chi connectivity index (χ1n) is 5.71. The summed E-state index contributed by atoms with van der Waals surface area (Å²) in [6.45, 7) is 2.02. The van der Waals surface area contributed by atoms with Gasteiger partial charge in [-0.05, 0) is 24.1 Å². The molecule has 0 radical (unpaired) electrons. The zero-order valence-corrected chi connectivity index (χ0v) is 10.7. The van der Waals surface area contributed by atoms with E-state index in [0.717, 1.165) is 12.0 Å². The molecule has 2 nitrogen and oxygen atoms in total. The van der Waals surface area contributed by atoms with E-state index in [0.29, 0.717) is 11.3 Å². The van der Waals surface area contributed by atoms with Gasteiger partial charge >= 0.3 is 0 Å². The van der Waals surface area contributed by atoms with E-state index < -0.39 is 5.82 Å². The number of ether oxygens (including phenoxy) is 1. The lowest BCUT2D eigenvalue weighted by atomic mass is 10.1. The van der Waals surface area contributed by atoms with Gasteiger partial charge in [-0.2, -0.15) is 0 Å². The number of alkyl halides is 1. The first-order valence-corrected chi connectivity index (χ1v) is 6.24. The third kappa shape index (κ3) is 2.62. The molecular weight excluding hydrogens is 253 g/mol. The van der Waals surface area contributed by atoms with Gasteiger partial charge in [0.25, 0.3) is 5.88 Å². The van der Waals surface area contributed by atoms with Crippen LogP contribution in [0.4, 0.5) is 4.39 Å². The molecule has 0 N–H and O–H groups in total. The molecule has 0 saturated carbocycles. The third-order valence-electron chi connectivity index (χ3n) is 2.64. The molecule has 0 aliphatic carbocycles. The SMILES string of the molecule is CCc1ccccc1Oc1nccc(CCl)c1F. The first-order chi connectivity index (χ1) is 8.76. The summed E-state index contributed by atoms with van der Waals surface area (Å²) in [4.78, 5) is 3.90. The molecule has 0 bridgehead atoms. The lowest BCUT2D eigenvalue weighted by molar-refractivity contribution is 0.416. The maximum atomic E-state index is 13.9. The van der Waals surface area contributed by atoms with Crippen LogP contribution in [0.1, 0.15) is 18.1 Å². The summed E-state index contributed by atoms with van der Waals surface area (Å²) in [5, 5.41) is 0. The van der Waals surface area contributed by atoms with E-state index in [1.165, 1.54) is 6.20 Å². The Kier molecular flexibility index (Phi) is 4.15. The van der Waals surface area contributed by atoms with Crippen molar-refractivity contribution in [3.8, 4) is 11.6 Å². The fourth-order valence-electron chi connectivity index (χ4n) is 1.64. The van der Waals surface area contributed by atoms with Crippen LogP contribution in [-0.2, 0) is 12.3 Å². The van der Waals surface area contributed by atoms with E-state index in [1.54, 1.807) is 12.1 Å². The Morgan fingerprint density at radius 2 is 2.00 bits per heavy atom.